The number of carbonyl (C=O) groups excluding carboxylic acids is 3. The molecule has 2 atom stereocenters. The second kappa shape index (κ2) is 10.2. The summed E-state index contributed by atoms with van der Waals surface area (Å²) < 4.78 is 5.33. The van der Waals surface area contributed by atoms with E-state index in [-0.39, 0.29) is 17.7 Å². The Kier molecular flexibility index (Phi) is 8.67. The van der Waals surface area contributed by atoms with Crippen molar-refractivity contribution in [3.05, 3.63) is 35.4 Å². The van der Waals surface area contributed by atoms with E-state index < -0.39 is 29.3 Å². The summed E-state index contributed by atoms with van der Waals surface area (Å²) in [6.45, 7) is 16.5. The molecule has 0 aliphatic heterocycles. The number of nitrogens with one attached hydrogen (secondary N) is 2. The molecule has 0 heterocycles. The third-order valence-electron chi connectivity index (χ3n) is 4.57. The normalized spacial score (nSPS) is 13.9. The smallest absolute Gasteiger partial charge is 0.408 e. The van der Waals surface area contributed by atoms with Gasteiger partial charge in [0.25, 0.3) is 0 Å². The third-order valence-corrected chi connectivity index (χ3v) is 4.57. The zero-order valence-corrected chi connectivity index (χ0v) is 20.6. The highest BCUT2D eigenvalue weighted by Crippen LogP contribution is 2.25. The first-order valence-corrected chi connectivity index (χ1v) is 10.7. The molecule has 1 aromatic rings. The van der Waals surface area contributed by atoms with Crippen LogP contribution in [0.1, 0.15) is 72.6 Å². The Bertz CT molecular complexity index is 791. The number of rotatable bonds is 6. The molecule has 7 nitrogen and oxygen atoms in total. The van der Waals surface area contributed by atoms with Gasteiger partial charge in [-0.3, -0.25) is 9.59 Å². The maximum Gasteiger partial charge on any atom is 0.408 e. The number of hydrogen-bond donors (Lipinski definition) is 2. The van der Waals surface area contributed by atoms with Crippen molar-refractivity contribution in [1.29, 1.82) is 0 Å². The van der Waals surface area contributed by atoms with E-state index in [2.05, 4.69) is 10.6 Å². The molecule has 31 heavy (non-hydrogen) atoms. The fraction of sp³-hybridized carbons (Fsp3) is 0.625. The van der Waals surface area contributed by atoms with Crippen LogP contribution in [0.25, 0.3) is 0 Å². The lowest BCUT2D eigenvalue weighted by Crippen LogP contribution is -2.55. The molecule has 2 N–H and O–H groups in total. The molecule has 0 saturated carbocycles. The lowest BCUT2D eigenvalue weighted by molar-refractivity contribution is -0.142. The van der Waals surface area contributed by atoms with E-state index in [0.717, 1.165) is 11.1 Å². The van der Waals surface area contributed by atoms with Gasteiger partial charge in [0.05, 0.1) is 0 Å². The Morgan fingerprint density at radius 1 is 1.00 bits per heavy atom. The molecule has 0 aromatic heterocycles. The summed E-state index contributed by atoms with van der Waals surface area (Å²) >= 11 is 0. The molecule has 174 valence electrons. The van der Waals surface area contributed by atoms with Crippen LogP contribution in [0.4, 0.5) is 4.79 Å². The van der Waals surface area contributed by atoms with Crippen molar-refractivity contribution in [1.82, 2.24) is 15.5 Å². The monoisotopic (exact) mass is 433 g/mol. The maximum atomic E-state index is 13.5. The predicted molar refractivity (Wildman–Crippen MR) is 123 cm³/mol. The van der Waals surface area contributed by atoms with E-state index >= 15 is 0 Å². The second-order valence-electron chi connectivity index (χ2n) is 10.3. The Morgan fingerprint density at radius 2 is 1.55 bits per heavy atom. The average molecular weight is 434 g/mol. The molecular weight excluding hydrogens is 394 g/mol. The molecule has 0 saturated heterocycles. The van der Waals surface area contributed by atoms with Crippen molar-refractivity contribution in [3.63, 3.8) is 0 Å². The Labute approximate surface area is 186 Å². The summed E-state index contributed by atoms with van der Waals surface area (Å²) in [5.41, 5.74) is 0.489. The zero-order valence-electron chi connectivity index (χ0n) is 20.6. The molecule has 0 fully saturated rings. The highest BCUT2D eigenvalue weighted by Gasteiger charge is 2.36. The Balaban J connectivity index is 3.28. The number of amides is 3. The molecular formula is C24H39N3O4. The lowest BCUT2D eigenvalue weighted by Gasteiger charge is -2.35. The molecule has 3 amide bonds. The van der Waals surface area contributed by atoms with Crippen molar-refractivity contribution in [2.24, 2.45) is 5.92 Å². The fourth-order valence-corrected chi connectivity index (χ4v) is 3.15. The molecule has 1 aromatic carbocycles. The Hall–Kier alpha value is -2.57. The number of ether oxygens (including phenoxy) is 1. The van der Waals surface area contributed by atoms with Crippen LogP contribution >= 0.6 is 0 Å². The van der Waals surface area contributed by atoms with Gasteiger partial charge in [0.15, 0.2) is 0 Å². The molecule has 7 heteroatoms. The van der Waals surface area contributed by atoms with Crippen LogP contribution in [0.2, 0.25) is 0 Å². The number of carbonyl (C=O) groups is 3. The van der Waals surface area contributed by atoms with Gasteiger partial charge in [0.2, 0.25) is 11.8 Å². The molecule has 0 spiro atoms. The van der Waals surface area contributed by atoms with Crippen LogP contribution in [0.5, 0.6) is 0 Å². The Morgan fingerprint density at radius 3 is 2.00 bits per heavy atom. The van der Waals surface area contributed by atoms with Gasteiger partial charge in [-0.05, 0) is 65.5 Å². The average Bonchev–Trinajstić information content (AvgIpc) is 2.57. The van der Waals surface area contributed by atoms with Crippen LogP contribution in [0.15, 0.2) is 24.3 Å². The van der Waals surface area contributed by atoms with Gasteiger partial charge in [0, 0.05) is 12.6 Å². The molecule has 0 bridgehead atoms. The van der Waals surface area contributed by atoms with E-state index in [1.807, 2.05) is 65.8 Å². The molecule has 0 radical (unpaired) electrons. The largest absolute Gasteiger partial charge is 0.444 e. The highest BCUT2D eigenvalue weighted by molar-refractivity contribution is 5.92. The quantitative estimate of drug-likeness (QED) is 0.711. The van der Waals surface area contributed by atoms with E-state index in [4.69, 9.17) is 4.74 Å². The summed E-state index contributed by atoms with van der Waals surface area (Å²) in [6, 6.07) is 5.81. The summed E-state index contributed by atoms with van der Waals surface area (Å²) in [5.74, 6) is -0.846. The first kappa shape index (κ1) is 26.5. The number of aryl methyl sites for hydroxylation is 1. The van der Waals surface area contributed by atoms with E-state index in [1.54, 1.807) is 27.8 Å². The van der Waals surface area contributed by atoms with Crippen molar-refractivity contribution < 1.29 is 19.1 Å². The summed E-state index contributed by atoms with van der Waals surface area (Å²) in [5, 5.41) is 5.65. The topological polar surface area (TPSA) is 87.7 Å². The van der Waals surface area contributed by atoms with Gasteiger partial charge >= 0.3 is 6.09 Å². The first-order valence-electron chi connectivity index (χ1n) is 10.7. The second-order valence-corrected chi connectivity index (χ2v) is 10.3. The highest BCUT2D eigenvalue weighted by atomic mass is 16.6. The number of nitrogens with zero attached hydrogens (tertiary/aromatic N) is 1. The van der Waals surface area contributed by atoms with Crippen LogP contribution in [-0.4, -0.2) is 47.0 Å². The summed E-state index contributed by atoms with van der Waals surface area (Å²) in [6.07, 6.45) is -0.667. The van der Waals surface area contributed by atoms with E-state index in [9.17, 15) is 14.4 Å². The van der Waals surface area contributed by atoms with E-state index in [1.165, 1.54) is 4.90 Å². The molecule has 2 unspecified atom stereocenters. The van der Waals surface area contributed by atoms with Crippen molar-refractivity contribution in [2.75, 3.05) is 7.05 Å². The van der Waals surface area contributed by atoms with Gasteiger partial charge < -0.3 is 20.3 Å². The first-order chi connectivity index (χ1) is 14.0. The SMILES string of the molecule is Cc1ccccc1C(C(=O)NC(C)(C)C)N(C)C(=O)C(NC(=O)OC(C)(C)C)C(C)C. The van der Waals surface area contributed by atoms with Gasteiger partial charge in [-0.25, -0.2) is 4.79 Å². The fourth-order valence-electron chi connectivity index (χ4n) is 3.15. The van der Waals surface area contributed by atoms with Crippen LogP contribution in [0, 0.1) is 12.8 Å². The number of hydrogen-bond acceptors (Lipinski definition) is 4. The lowest BCUT2D eigenvalue weighted by atomic mass is 9.96. The van der Waals surface area contributed by atoms with E-state index in [0.29, 0.717) is 0 Å². The van der Waals surface area contributed by atoms with Gasteiger partial charge in [-0.15, -0.1) is 0 Å². The van der Waals surface area contributed by atoms with Gasteiger partial charge in [-0.1, -0.05) is 38.1 Å². The van der Waals surface area contributed by atoms with Crippen LogP contribution < -0.4 is 10.6 Å². The standard InChI is InChI=1S/C24H39N3O4/c1-15(2)18(25-22(30)31-24(7,8)9)21(29)27(10)19(20(28)26-23(4,5)6)17-14-12-11-13-16(17)3/h11-15,18-19H,1-10H3,(H,25,30)(H,26,28). The molecule has 0 aliphatic rings. The summed E-state index contributed by atoms with van der Waals surface area (Å²) in [4.78, 5) is 40.4. The molecule has 1 rings (SSSR count). The van der Waals surface area contributed by atoms with Crippen molar-refractivity contribution >= 4 is 17.9 Å². The third kappa shape index (κ3) is 8.23. The minimum Gasteiger partial charge on any atom is -0.444 e. The van der Waals surface area contributed by atoms with Crippen LogP contribution in [0.3, 0.4) is 0 Å². The van der Waals surface area contributed by atoms with Gasteiger partial charge in [-0.2, -0.15) is 0 Å². The predicted octanol–water partition coefficient (Wildman–Crippen LogP) is 3.96. The summed E-state index contributed by atoms with van der Waals surface area (Å²) in [7, 11) is 1.59. The molecule has 0 aliphatic carbocycles. The van der Waals surface area contributed by atoms with Crippen LogP contribution in [-0.2, 0) is 14.3 Å². The number of likely N-dealkylation sites (N-methyl/N-ethyl adjacent to an activating group) is 1. The number of alkyl carbamates (subject to hydrolysis) is 1. The maximum absolute atomic E-state index is 13.5. The van der Waals surface area contributed by atoms with Crippen molar-refractivity contribution in [3.8, 4) is 0 Å². The zero-order chi connectivity index (χ0) is 24.1. The van der Waals surface area contributed by atoms with Crippen molar-refractivity contribution in [2.45, 2.75) is 85.5 Å². The minimum absolute atomic E-state index is 0.203. The minimum atomic E-state index is -0.839. The number of benzene rings is 1. The van der Waals surface area contributed by atoms with Gasteiger partial charge in [0.1, 0.15) is 17.7 Å².